The normalized spacial score (nSPS) is 10.7. The zero-order valence-electron chi connectivity index (χ0n) is 15.3. The standard InChI is InChI=1S/C18H20N6O3/c1-5-20-17-15(8-21-18(19)23-17)27-14-7-12(16-22-9-26-24-16)13(25-4)6-11(14)10(2)3/h5-10H,1H2,2-4H3,(H3,19,20,21,23). The molecule has 9 heteroatoms. The van der Waals surface area contributed by atoms with Gasteiger partial charge in [-0.1, -0.05) is 25.6 Å². The molecule has 3 rings (SSSR count). The first-order valence-corrected chi connectivity index (χ1v) is 8.20. The minimum absolute atomic E-state index is 0.123. The summed E-state index contributed by atoms with van der Waals surface area (Å²) in [6.07, 6.45) is 4.23. The van der Waals surface area contributed by atoms with Crippen molar-refractivity contribution in [1.29, 1.82) is 0 Å². The Labute approximate surface area is 156 Å². The average Bonchev–Trinajstić information content (AvgIpc) is 3.18. The smallest absolute Gasteiger partial charge is 0.222 e. The molecule has 0 aliphatic rings. The number of anilines is 2. The monoisotopic (exact) mass is 368 g/mol. The summed E-state index contributed by atoms with van der Waals surface area (Å²) in [5, 5.41) is 6.78. The summed E-state index contributed by atoms with van der Waals surface area (Å²) in [6.45, 7) is 7.75. The Morgan fingerprint density at radius 3 is 2.67 bits per heavy atom. The van der Waals surface area contributed by atoms with Gasteiger partial charge in [-0.05, 0) is 24.3 Å². The highest BCUT2D eigenvalue weighted by molar-refractivity contribution is 5.68. The molecular formula is C18H20N6O3. The summed E-state index contributed by atoms with van der Waals surface area (Å²) in [5.74, 6) is 2.69. The van der Waals surface area contributed by atoms with Crippen molar-refractivity contribution in [1.82, 2.24) is 20.1 Å². The Bertz CT molecular complexity index is 941. The summed E-state index contributed by atoms with van der Waals surface area (Å²) in [5.41, 5.74) is 7.23. The number of hydrogen-bond acceptors (Lipinski definition) is 9. The van der Waals surface area contributed by atoms with E-state index in [-0.39, 0.29) is 11.9 Å². The Kier molecular flexibility index (Phi) is 5.20. The number of aromatic nitrogens is 4. The molecule has 27 heavy (non-hydrogen) atoms. The number of nitrogen functional groups attached to an aromatic ring is 1. The number of nitrogens with one attached hydrogen (secondary N) is 1. The van der Waals surface area contributed by atoms with E-state index >= 15 is 0 Å². The molecule has 3 aromatic rings. The number of nitrogens with zero attached hydrogens (tertiary/aromatic N) is 4. The lowest BCUT2D eigenvalue weighted by Gasteiger charge is -2.18. The maximum absolute atomic E-state index is 6.12. The van der Waals surface area contributed by atoms with Crippen LogP contribution in [0.2, 0.25) is 0 Å². The van der Waals surface area contributed by atoms with Crippen LogP contribution in [0.3, 0.4) is 0 Å². The SMILES string of the molecule is C=CNc1nc(N)ncc1Oc1cc(-c2ncon2)c(OC)cc1C(C)C. The van der Waals surface area contributed by atoms with Gasteiger partial charge in [-0.3, -0.25) is 0 Å². The Balaban J connectivity index is 2.11. The molecule has 1 aromatic carbocycles. The molecule has 0 saturated heterocycles. The average molecular weight is 368 g/mol. The molecule has 0 aliphatic carbocycles. The third-order valence-electron chi connectivity index (χ3n) is 3.79. The van der Waals surface area contributed by atoms with E-state index in [1.54, 1.807) is 13.2 Å². The number of ether oxygens (including phenoxy) is 2. The molecule has 0 unspecified atom stereocenters. The Morgan fingerprint density at radius 2 is 2.04 bits per heavy atom. The van der Waals surface area contributed by atoms with Crippen molar-refractivity contribution >= 4 is 11.8 Å². The zero-order chi connectivity index (χ0) is 19.4. The van der Waals surface area contributed by atoms with Gasteiger partial charge in [-0.2, -0.15) is 9.97 Å². The third kappa shape index (κ3) is 3.81. The van der Waals surface area contributed by atoms with E-state index in [1.807, 2.05) is 6.07 Å². The minimum atomic E-state index is 0.123. The lowest BCUT2D eigenvalue weighted by Crippen LogP contribution is -2.03. The largest absolute Gasteiger partial charge is 0.496 e. The first kappa shape index (κ1) is 18.2. The van der Waals surface area contributed by atoms with Crippen molar-refractivity contribution in [3.63, 3.8) is 0 Å². The molecule has 0 amide bonds. The fourth-order valence-electron chi connectivity index (χ4n) is 2.53. The van der Waals surface area contributed by atoms with Crippen LogP contribution in [0.1, 0.15) is 25.3 Å². The fraction of sp³-hybridized carbons (Fsp3) is 0.222. The highest BCUT2D eigenvalue weighted by atomic mass is 16.5. The van der Waals surface area contributed by atoms with Crippen molar-refractivity contribution < 1.29 is 14.0 Å². The number of rotatable bonds is 7. The van der Waals surface area contributed by atoms with Gasteiger partial charge in [0.05, 0.1) is 18.9 Å². The first-order chi connectivity index (χ1) is 13.0. The molecule has 0 fully saturated rings. The predicted octanol–water partition coefficient (Wildman–Crippen LogP) is 3.59. The summed E-state index contributed by atoms with van der Waals surface area (Å²) in [6, 6.07) is 3.69. The quantitative estimate of drug-likeness (QED) is 0.644. The van der Waals surface area contributed by atoms with Crippen LogP contribution in [0.4, 0.5) is 11.8 Å². The van der Waals surface area contributed by atoms with Crippen LogP contribution in [0.25, 0.3) is 11.4 Å². The number of nitrogens with two attached hydrogens (primary N) is 1. The van der Waals surface area contributed by atoms with Gasteiger partial charge in [-0.25, -0.2) is 4.98 Å². The molecule has 0 radical (unpaired) electrons. The van der Waals surface area contributed by atoms with Gasteiger partial charge in [0.15, 0.2) is 11.6 Å². The third-order valence-corrected chi connectivity index (χ3v) is 3.79. The predicted molar refractivity (Wildman–Crippen MR) is 101 cm³/mol. The van der Waals surface area contributed by atoms with Crippen LogP contribution in [0, 0.1) is 0 Å². The topological polar surface area (TPSA) is 121 Å². The van der Waals surface area contributed by atoms with Crippen LogP contribution in [0.15, 0.2) is 42.0 Å². The van der Waals surface area contributed by atoms with Gasteiger partial charge in [0.2, 0.25) is 18.2 Å². The maximum atomic E-state index is 6.12. The molecule has 140 valence electrons. The van der Waals surface area contributed by atoms with E-state index in [4.69, 9.17) is 19.7 Å². The molecule has 0 atom stereocenters. The van der Waals surface area contributed by atoms with Crippen molar-refractivity contribution in [2.75, 3.05) is 18.2 Å². The number of benzene rings is 1. The summed E-state index contributed by atoms with van der Waals surface area (Å²) >= 11 is 0. The van der Waals surface area contributed by atoms with Gasteiger partial charge in [0.1, 0.15) is 11.5 Å². The molecule has 0 aliphatic heterocycles. The lowest BCUT2D eigenvalue weighted by molar-refractivity contribution is 0.408. The van der Waals surface area contributed by atoms with E-state index in [1.165, 1.54) is 18.8 Å². The van der Waals surface area contributed by atoms with E-state index < -0.39 is 0 Å². The van der Waals surface area contributed by atoms with E-state index in [0.29, 0.717) is 34.5 Å². The van der Waals surface area contributed by atoms with Gasteiger partial charge in [0, 0.05) is 5.56 Å². The van der Waals surface area contributed by atoms with Crippen LogP contribution in [0.5, 0.6) is 17.2 Å². The molecule has 9 nitrogen and oxygen atoms in total. The summed E-state index contributed by atoms with van der Waals surface area (Å²) in [4.78, 5) is 12.2. The van der Waals surface area contributed by atoms with E-state index in [0.717, 1.165) is 5.56 Å². The van der Waals surface area contributed by atoms with E-state index in [9.17, 15) is 0 Å². The molecular weight excluding hydrogens is 348 g/mol. The van der Waals surface area contributed by atoms with Crippen LogP contribution < -0.4 is 20.5 Å². The Hall–Kier alpha value is -3.62. The zero-order valence-corrected chi connectivity index (χ0v) is 15.3. The number of hydrogen-bond donors (Lipinski definition) is 2. The Morgan fingerprint density at radius 1 is 1.22 bits per heavy atom. The van der Waals surface area contributed by atoms with Crippen molar-refractivity contribution in [3.8, 4) is 28.6 Å². The lowest BCUT2D eigenvalue weighted by atomic mass is 9.99. The second kappa shape index (κ2) is 7.73. The second-order valence-electron chi connectivity index (χ2n) is 5.89. The molecule has 2 aromatic heterocycles. The minimum Gasteiger partial charge on any atom is -0.496 e. The highest BCUT2D eigenvalue weighted by Gasteiger charge is 2.19. The van der Waals surface area contributed by atoms with Gasteiger partial charge in [-0.15, -0.1) is 0 Å². The summed E-state index contributed by atoms with van der Waals surface area (Å²) in [7, 11) is 1.59. The fourth-order valence-corrected chi connectivity index (χ4v) is 2.53. The highest BCUT2D eigenvalue weighted by Crippen LogP contribution is 2.40. The van der Waals surface area contributed by atoms with Crippen LogP contribution >= 0.6 is 0 Å². The van der Waals surface area contributed by atoms with Gasteiger partial charge in [0.25, 0.3) is 0 Å². The molecule has 0 spiro atoms. The van der Waals surface area contributed by atoms with Gasteiger partial charge >= 0.3 is 0 Å². The van der Waals surface area contributed by atoms with Crippen molar-refractivity contribution in [3.05, 3.63) is 43.1 Å². The van der Waals surface area contributed by atoms with Crippen molar-refractivity contribution in [2.24, 2.45) is 0 Å². The van der Waals surface area contributed by atoms with E-state index in [2.05, 4.69) is 45.9 Å². The number of methoxy groups -OCH3 is 1. The molecule has 2 heterocycles. The van der Waals surface area contributed by atoms with Crippen molar-refractivity contribution in [2.45, 2.75) is 19.8 Å². The molecule has 3 N–H and O–H groups in total. The first-order valence-electron chi connectivity index (χ1n) is 8.20. The maximum Gasteiger partial charge on any atom is 0.222 e. The molecule has 0 bridgehead atoms. The van der Waals surface area contributed by atoms with Crippen LogP contribution in [-0.4, -0.2) is 27.2 Å². The second-order valence-corrected chi connectivity index (χ2v) is 5.89. The summed E-state index contributed by atoms with van der Waals surface area (Å²) < 4.78 is 16.5. The van der Waals surface area contributed by atoms with Crippen LogP contribution in [-0.2, 0) is 0 Å². The van der Waals surface area contributed by atoms with Gasteiger partial charge < -0.3 is 25.0 Å². The molecule has 0 saturated carbocycles.